The molecule has 1 fully saturated rings. The molecule has 0 aromatic rings. The van der Waals surface area contributed by atoms with Gasteiger partial charge in [-0.3, -0.25) is 9.59 Å². The van der Waals surface area contributed by atoms with Crippen LogP contribution in [-0.4, -0.2) is 36.7 Å². The van der Waals surface area contributed by atoms with Gasteiger partial charge in [-0.05, 0) is 30.8 Å². The number of hydrogen-bond donors (Lipinski definition) is 2. The van der Waals surface area contributed by atoms with Gasteiger partial charge in [0, 0.05) is 16.9 Å². The molecule has 2 aliphatic carbocycles. The van der Waals surface area contributed by atoms with E-state index in [4.69, 9.17) is 9.47 Å². The Labute approximate surface area is 149 Å². The number of thiol groups is 2. The van der Waals surface area contributed by atoms with Gasteiger partial charge >= 0.3 is 11.9 Å². The van der Waals surface area contributed by atoms with Crippen LogP contribution in [-0.2, 0) is 19.1 Å². The largest absolute Gasteiger partial charge is 0.465 e. The molecule has 0 heterocycles. The lowest BCUT2D eigenvalue weighted by Crippen LogP contribution is -2.31. The molecule has 4 unspecified atom stereocenters. The maximum atomic E-state index is 11.9. The molecule has 2 aliphatic rings. The molecule has 0 amide bonds. The minimum absolute atomic E-state index is 0.138. The maximum absolute atomic E-state index is 11.9. The van der Waals surface area contributed by atoms with Gasteiger partial charge in [0.15, 0.2) is 0 Å². The minimum atomic E-state index is -0.223. The topological polar surface area (TPSA) is 52.6 Å². The highest BCUT2D eigenvalue weighted by Gasteiger charge is 2.47. The molecule has 0 aliphatic heterocycles. The number of carbonyl (C=O) groups is 2. The van der Waals surface area contributed by atoms with E-state index in [1.54, 1.807) is 6.92 Å². The Morgan fingerprint density at radius 1 is 1.22 bits per heavy atom. The molecule has 2 bridgehead atoms. The molecule has 0 saturated heterocycles. The van der Waals surface area contributed by atoms with E-state index in [1.165, 1.54) is 0 Å². The fraction of sp³-hybridized carbons (Fsp3) is 0.765. The monoisotopic (exact) mass is 358 g/mol. The number of allylic oxidation sites excluding steroid dienone is 1. The number of carbonyl (C=O) groups excluding carboxylic acids is 2. The average molecular weight is 359 g/mol. The summed E-state index contributed by atoms with van der Waals surface area (Å²) in [5.41, 5.74) is 0.973. The van der Waals surface area contributed by atoms with Crippen molar-refractivity contribution < 1.29 is 19.1 Å². The summed E-state index contributed by atoms with van der Waals surface area (Å²) in [6, 6.07) is 0. The molecule has 2 rings (SSSR count). The van der Waals surface area contributed by atoms with Crippen molar-refractivity contribution in [3.63, 3.8) is 0 Å². The lowest BCUT2D eigenvalue weighted by molar-refractivity contribution is -0.151. The number of fused-ring (bicyclic) bond motifs is 2. The van der Waals surface area contributed by atoms with Gasteiger partial charge in [0.1, 0.15) is 13.2 Å². The second-order valence-corrected chi connectivity index (χ2v) is 7.59. The van der Waals surface area contributed by atoms with E-state index < -0.39 is 0 Å². The van der Waals surface area contributed by atoms with Crippen LogP contribution in [0.2, 0.25) is 0 Å². The molecule has 23 heavy (non-hydrogen) atoms. The Balaban J connectivity index is 1.93. The number of esters is 2. The summed E-state index contributed by atoms with van der Waals surface area (Å²) in [6.45, 7) is 4.30. The van der Waals surface area contributed by atoms with Crippen molar-refractivity contribution >= 4 is 37.2 Å². The summed E-state index contributed by atoms with van der Waals surface area (Å²) in [6.07, 6.45) is 5.30. The molecule has 4 atom stereocenters. The van der Waals surface area contributed by atoms with Crippen molar-refractivity contribution in [3.8, 4) is 0 Å². The van der Waals surface area contributed by atoms with Gasteiger partial charge in [-0.15, -0.1) is 0 Å². The normalized spacial score (nSPS) is 28.2. The van der Waals surface area contributed by atoms with Crippen LogP contribution >= 0.6 is 25.3 Å². The Morgan fingerprint density at radius 2 is 1.83 bits per heavy atom. The lowest BCUT2D eigenvalue weighted by atomic mass is 9.81. The zero-order valence-electron chi connectivity index (χ0n) is 13.8. The number of ether oxygens (including phenoxy) is 2. The van der Waals surface area contributed by atoms with Crippen LogP contribution in [0.3, 0.4) is 0 Å². The molecule has 6 heteroatoms. The Morgan fingerprint density at radius 3 is 2.39 bits per heavy atom. The number of hydrogen-bond acceptors (Lipinski definition) is 6. The molecule has 0 aromatic carbocycles. The zero-order chi connectivity index (χ0) is 17.0. The number of rotatable bonds is 8. The summed E-state index contributed by atoms with van der Waals surface area (Å²) in [5, 5.41) is 0. The predicted molar refractivity (Wildman–Crippen MR) is 95.8 cm³/mol. The first-order valence-corrected chi connectivity index (χ1v) is 9.44. The predicted octanol–water partition coefficient (Wildman–Crippen LogP) is 2.93. The standard InChI is InChI=1S/C17H26O4S2/c1-11(8-22)15(18)20-7-14-5-13-3-4-17(14,6-13)10-21-16(19)12(2)9-23/h5,11-13,22-23H,3-4,6-10H2,1-2H3. The van der Waals surface area contributed by atoms with Crippen LogP contribution in [0.5, 0.6) is 0 Å². The Hall–Kier alpha value is -0.620. The molecular formula is C17H26O4S2. The minimum Gasteiger partial charge on any atom is -0.465 e. The van der Waals surface area contributed by atoms with Crippen LogP contribution in [0.1, 0.15) is 33.1 Å². The van der Waals surface area contributed by atoms with Crippen LogP contribution < -0.4 is 0 Å². The van der Waals surface area contributed by atoms with E-state index in [-0.39, 0.29) is 29.2 Å². The van der Waals surface area contributed by atoms with E-state index in [9.17, 15) is 9.59 Å². The van der Waals surface area contributed by atoms with Gasteiger partial charge < -0.3 is 9.47 Å². The molecule has 0 N–H and O–H groups in total. The smallest absolute Gasteiger partial charge is 0.309 e. The molecule has 130 valence electrons. The van der Waals surface area contributed by atoms with Crippen molar-refractivity contribution in [3.05, 3.63) is 11.6 Å². The fourth-order valence-corrected chi connectivity index (χ4v) is 3.58. The van der Waals surface area contributed by atoms with E-state index in [2.05, 4.69) is 31.3 Å². The Kier molecular flexibility index (Phi) is 6.48. The maximum Gasteiger partial charge on any atom is 0.309 e. The van der Waals surface area contributed by atoms with Crippen molar-refractivity contribution in [2.75, 3.05) is 24.7 Å². The summed E-state index contributed by atoms with van der Waals surface area (Å²) < 4.78 is 10.9. The molecule has 1 saturated carbocycles. The molecule has 4 nitrogen and oxygen atoms in total. The van der Waals surface area contributed by atoms with Gasteiger partial charge in [-0.1, -0.05) is 19.9 Å². The quantitative estimate of drug-likeness (QED) is 0.398. The third-order valence-corrected chi connectivity index (χ3v) is 6.07. The van der Waals surface area contributed by atoms with Gasteiger partial charge in [0.2, 0.25) is 0 Å². The summed E-state index contributed by atoms with van der Waals surface area (Å²) in [4.78, 5) is 23.8. The van der Waals surface area contributed by atoms with E-state index in [0.717, 1.165) is 24.8 Å². The molecule has 0 spiro atoms. The second-order valence-electron chi connectivity index (χ2n) is 6.86. The third kappa shape index (κ3) is 4.27. The molecule has 0 radical (unpaired) electrons. The first kappa shape index (κ1) is 18.7. The van der Waals surface area contributed by atoms with Gasteiger partial charge in [0.25, 0.3) is 0 Å². The summed E-state index contributed by atoms with van der Waals surface area (Å²) in [5.74, 6) is 0.648. The van der Waals surface area contributed by atoms with Crippen LogP contribution in [0.25, 0.3) is 0 Å². The Bertz CT molecular complexity index is 491. The fourth-order valence-electron chi connectivity index (χ4n) is 3.28. The van der Waals surface area contributed by atoms with E-state index in [1.807, 2.05) is 6.92 Å². The first-order chi connectivity index (χ1) is 10.9. The zero-order valence-corrected chi connectivity index (χ0v) is 15.6. The summed E-state index contributed by atoms with van der Waals surface area (Å²) >= 11 is 8.26. The van der Waals surface area contributed by atoms with Gasteiger partial charge in [-0.2, -0.15) is 25.3 Å². The van der Waals surface area contributed by atoms with E-state index in [0.29, 0.717) is 30.6 Å². The lowest BCUT2D eigenvalue weighted by Gasteiger charge is -2.30. The second kappa shape index (κ2) is 7.97. The highest BCUT2D eigenvalue weighted by molar-refractivity contribution is 7.80. The summed E-state index contributed by atoms with van der Waals surface area (Å²) in [7, 11) is 0. The average Bonchev–Trinajstić information content (AvgIpc) is 3.14. The van der Waals surface area contributed by atoms with Crippen LogP contribution in [0.4, 0.5) is 0 Å². The molecular weight excluding hydrogens is 332 g/mol. The van der Waals surface area contributed by atoms with E-state index >= 15 is 0 Å². The van der Waals surface area contributed by atoms with Gasteiger partial charge in [-0.25, -0.2) is 0 Å². The SMILES string of the molecule is CC(CS)C(=O)OCC1=CC2CCC1(COC(=O)C(C)CS)C2. The highest BCUT2D eigenvalue weighted by atomic mass is 32.1. The first-order valence-electron chi connectivity index (χ1n) is 8.18. The van der Waals surface area contributed by atoms with Crippen molar-refractivity contribution in [2.45, 2.75) is 33.1 Å². The van der Waals surface area contributed by atoms with Crippen LogP contribution in [0.15, 0.2) is 11.6 Å². The van der Waals surface area contributed by atoms with Crippen LogP contribution in [0, 0.1) is 23.2 Å². The van der Waals surface area contributed by atoms with Crippen molar-refractivity contribution in [1.82, 2.24) is 0 Å². The van der Waals surface area contributed by atoms with Crippen molar-refractivity contribution in [2.24, 2.45) is 23.2 Å². The van der Waals surface area contributed by atoms with Crippen molar-refractivity contribution in [1.29, 1.82) is 0 Å². The van der Waals surface area contributed by atoms with Gasteiger partial charge in [0.05, 0.1) is 11.8 Å². The highest BCUT2D eigenvalue weighted by Crippen LogP contribution is 2.54. The third-order valence-electron chi connectivity index (χ3n) is 4.98. The molecule has 0 aromatic heterocycles.